The second-order valence-electron chi connectivity index (χ2n) is 3.70. The van der Waals surface area contributed by atoms with Gasteiger partial charge in [0.1, 0.15) is 0 Å². The Morgan fingerprint density at radius 1 is 1.07 bits per heavy atom. The lowest BCUT2D eigenvalue weighted by atomic mass is 9.80. The molecule has 1 saturated heterocycles. The highest BCUT2D eigenvalue weighted by molar-refractivity contribution is 6.58. The number of hydrogen-bond donors (Lipinski definition) is 3. The van der Waals surface area contributed by atoms with Crippen LogP contribution in [0.2, 0.25) is 0 Å². The van der Waals surface area contributed by atoms with Crippen molar-refractivity contribution in [3.8, 4) is 0 Å². The van der Waals surface area contributed by atoms with E-state index in [0.717, 1.165) is 31.9 Å². The minimum atomic E-state index is -1.37. The summed E-state index contributed by atoms with van der Waals surface area (Å²) in [4.78, 5) is 2.28. The fourth-order valence-electron chi connectivity index (χ4n) is 1.78. The molecule has 0 spiro atoms. The summed E-state index contributed by atoms with van der Waals surface area (Å²) < 4.78 is 0. The maximum Gasteiger partial charge on any atom is 0.488 e. The van der Waals surface area contributed by atoms with Gasteiger partial charge in [-0.2, -0.15) is 0 Å². The lowest BCUT2D eigenvalue weighted by molar-refractivity contribution is 0.426. The largest absolute Gasteiger partial charge is 0.488 e. The normalized spacial score (nSPS) is 16.5. The lowest BCUT2D eigenvalue weighted by Gasteiger charge is -2.29. The Balaban J connectivity index is 2.08. The van der Waals surface area contributed by atoms with Gasteiger partial charge >= 0.3 is 7.12 Å². The van der Waals surface area contributed by atoms with Crippen molar-refractivity contribution in [2.45, 2.75) is 0 Å². The molecule has 1 aliphatic rings. The van der Waals surface area contributed by atoms with Gasteiger partial charge in [0.15, 0.2) is 0 Å². The fourth-order valence-corrected chi connectivity index (χ4v) is 1.78. The Morgan fingerprint density at radius 3 is 2.20 bits per heavy atom. The van der Waals surface area contributed by atoms with Crippen molar-refractivity contribution >= 4 is 18.3 Å². The van der Waals surface area contributed by atoms with Crippen LogP contribution >= 0.6 is 0 Å². The molecule has 1 aromatic rings. The standard InChI is InChI=1S/C10H15BN2O2/c14-11(15)9-1-3-10(4-2-9)13-7-5-12-6-8-13/h1-4,12,14-15H,5-8H2. The zero-order valence-electron chi connectivity index (χ0n) is 8.56. The summed E-state index contributed by atoms with van der Waals surface area (Å²) in [6, 6.07) is 7.37. The molecule has 0 amide bonds. The summed E-state index contributed by atoms with van der Waals surface area (Å²) in [5.74, 6) is 0. The van der Waals surface area contributed by atoms with E-state index < -0.39 is 7.12 Å². The molecule has 80 valence electrons. The predicted octanol–water partition coefficient (Wildman–Crippen LogP) is -1.22. The highest BCUT2D eigenvalue weighted by atomic mass is 16.4. The molecular weight excluding hydrogens is 191 g/mol. The van der Waals surface area contributed by atoms with Crippen molar-refractivity contribution in [1.82, 2.24) is 5.32 Å². The topological polar surface area (TPSA) is 55.7 Å². The molecule has 0 aliphatic carbocycles. The number of hydrogen-bond acceptors (Lipinski definition) is 4. The van der Waals surface area contributed by atoms with E-state index in [1.807, 2.05) is 12.1 Å². The Labute approximate surface area is 89.7 Å². The van der Waals surface area contributed by atoms with Gasteiger partial charge in [-0.1, -0.05) is 12.1 Å². The number of anilines is 1. The third-order valence-electron chi connectivity index (χ3n) is 2.67. The second kappa shape index (κ2) is 4.66. The lowest BCUT2D eigenvalue weighted by Crippen LogP contribution is -2.43. The maximum absolute atomic E-state index is 8.96. The summed E-state index contributed by atoms with van der Waals surface area (Å²) in [6.07, 6.45) is 0. The Kier molecular flexibility index (Phi) is 3.25. The third-order valence-corrected chi connectivity index (χ3v) is 2.67. The molecule has 3 N–H and O–H groups in total. The SMILES string of the molecule is OB(O)c1ccc(N2CCNCC2)cc1. The van der Waals surface area contributed by atoms with Gasteiger partial charge in [0.25, 0.3) is 0 Å². The zero-order valence-corrected chi connectivity index (χ0v) is 8.56. The van der Waals surface area contributed by atoms with Crippen LogP contribution in [0.1, 0.15) is 0 Å². The van der Waals surface area contributed by atoms with Crippen LogP contribution in [-0.4, -0.2) is 43.3 Å². The van der Waals surface area contributed by atoms with Gasteiger partial charge in [-0.05, 0) is 17.6 Å². The monoisotopic (exact) mass is 206 g/mol. The first-order valence-corrected chi connectivity index (χ1v) is 5.19. The molecule has 0 saturated carbocycles. The first-order valence-electron chi connectivity index (χ1n) is 5.19. The molecule has 15 heavy (non-hydrogen) atoms. The molecule has 5 heteroatoms. The van der Waals surface area contributed by atoms with E-state index >= 15 is 0 Å². The molecule has 1 fully saturated rings. The van der Waals surface area contributed by atoms with Crippen LogP contribution in [-0.2, 0) is 0 Å². The smallest absolute Gasteiger partial charge is 0.423 e. The molecule has 0 radical (unpaired) electrons. The third kappa shape index (κ3) is 2.50. The van der Waals surface area contributed by atoms with Crippen LogP contribution in [0, 0.1) is 0 Å². The Morgan fingerprint density at radius 2 is 1.67 bits per heavy atom. The average molecular weight is 206 g/mol. The van der Waals surface area contributed by atoms with Gasteiger partial charge in [0.2, 0.25) is 0 Å². The summed E-state index contributed by atoms with van der Waals surface area (Å²) >= 11 is 0. The first-order chi connectivity index (χ1) is 7.27. The van der Waals surface area contributed by atoms with Crippen molar-refractivity contribution in [3.05, 3.63) is 24.3 Å². The number of benzene rings is 1. The minimum absolute atomic E-state index is 0.536. The van der Waals surface area contributed by atoms with E-state index in [4.69, 9.17) is 10.0 Å². The highest BCUT2D eigenvalue weighted by Gasteiger charge is 2.13. The predicted molar refractivity (Wildman–Crippen MR) is 61.4 cm³/mol. The van der Waals surface area contributed by atoms with Crippen molar-refractivity contribution in [1.29, 1.82) is 0 Å². The second-order valence-corrected chi connectivity index (χ2v) is 3.70. The molecule has 2 rings (SSSR count). The van der Waals surface area contributed by atoms with E-state index in [9.17, 15) is 0 Å². The van der Waals surface area contributed by atoms with Gasteiger partial charge in [-0.25, -0.2) is 0 Å². The first kappa shape index (κ1) is 10.5. The van der Waals surface area contributed by atoms with Crippen LogP contribution < -0.4 is 15.7 Å². The van der Waals surface area contributed by atoms with E-state index in [0.29, 0.717) is 5.46 Å². The van der Waals surface area contributed by atoms with E-state index in [2.05, 4.69) is 10.2 Å². The van der Waals surface area contributed by atoms with Crippen LogP contribution in [0.5, 0.6) is 0 Å². The minimum Gasteiger partial charge on any atom is -0.423 e. The van der Waals surface area contributed by atoms with E-state index in [1.54, 1.807) is 12.1 Å². The quantitative estimate of drug-likeness (QED) is 0.530. The van der Waals surface area contributed by atoms with E-state index in [1.165, 1.54) is 0 Å². The van der Waals surface area contributed by atoms with Crippen molar-refractivity contribution in [2.24, 2.45) is 0 Å². The Bertz CT molecular complexity index is 310. The molecule has 1 aliphatic heterocycles. The summed E-state index contributed by atoms with van der Waals surface area (Å²) in [5, 5.41) is 21.2. The summed E-state index contributed by atoms with van der Waals surface area (Å²) in [7, 11) is -1.37. The van der Waals surface area contributed by atoms with Gasteiger partial charge in [-0.3, -0.25) is 0 Å². The number of piperazine rings is 1. The fraction of sp³-hybridized carbons (Fsp3) is 0.400. The molecule has 1 aromatic carbocycles. The van der Waals surface area contributed by atoms with Crippen LogP contribution in [0.4, 0.5) is 5.69 Å². The van der Waals surface area contributed by atoms with Crippen LogP contribution in [0.15, 0.2) is 24.3 Å². The van der Waals surface area contributed by atoms with Crippen molar-refractivity contribution < 1.29 is 10.0 Å². The maximum atomic E-state index is 8.96. The molecule has 0 bridgehead atoms. The molecule has 4 nitrogen and oxygen atoms in total. The van der Waals surface area contributed by atoms with Gasteiger partial charge in [0, 0.05) is 31.9 Å². The summed E-state index contributed by atoms with van der Waals surface area (Å²) in [5.41, 5.74) is 1.68. The molecule has 0 atom stereocenters. The summed E-state index contributed by atoms with van der Waals surface area (Å²) in [6.45, 7) is 4.01. The Hall–Kier alpha value is -1.04. The van der Waals surface area contributed by atoms with Crippen molar-refractivity contribution in [3.63, 3.8) is 0 Å². The highest BCUT2D eigenvalue weighted by Crippen LogP contribution is 2.12. The zero-order chi connectivity index (χ0) is 10.7. The molecule has 0 aromatic heterocycles. The van der Waals surface area contributed by atoms with Gasteiger partial charge < -0.3 is 20.3 Å². The number of nitrogens with one attached hydrogen (secondary N) is 1. The molecular formula is C10H15BN2O2. The number of nitrogens with zero attached hydrogens (tertiary/aromatic N) is 1. The van der Waals surface area contributed by atoms with Gasteiger partial charge in [0.05, 0.1) is 0 Å². The van der Waals surface area contributed by atoms with E-state index in [-0.39, 0.29) is 0 Å². The van der Waals surface area contributed by atoms with Crippen molar-refractivity contribution in [2.75, 3.05) is 31.1 Å². The number of rotatable bonds is 2. The molecule has 0 unspecified atom stereocenters. The van der Waals surface area contributed by atoms with Gasteiger partial charge in [-0.15, -0.1) is 0 Å². The van der Waals surface area contributed by atoms with Crippen LogP contribution in [0.3, 0.4) is 0 Å². The molecule has 1 heterocycles. The van der Waals surface area contributed by atoms with Crippen LogP contribution in [0.25, 0.3) is 0 Å². The average Bonchev–Trinajstić information content (AvgIpc) is 2.30.